The summed E-state index contributed by atoms with van der Waals surface area (Å²) >= 11 is 0. The van der Waals surface area contributed by atoms with Gasteiger partial charge in [0.1, 0.15) is 0 Å². The molecule has 1 heteroatoms. The molecule has 86 valence electrons. The molecule has 0 amide bonds. The van der Waals surface area contributed by atoms with Crippen molar-refractivity contribution in [1.82, 2.24) is 4.90 Å². The third-order valence-corrected chi connectivity index (χ3v) is 3.21. The van der Waals surface area contributed by atoms with Gasteiger partial charge in [-0.25, -0.2) is 0 Å². The van der Waals surface area contributed by atoms with Crippen LogP contribution < -0.4 is 0 Å². The second-order valence-corrected chi connectivity index (χ2v) is 4.98. The van der Waals surface area contributed by atoms with Crippen molar-refractivity contribution in [1.29, 1.82) is 0 Å². The molecule has 0 fully saturated rings. The largest absolute Gasteiger partial charge is 0.309 e. The van der Waals surface area contributed by atoms with Crippen LogP contribution in [0.5, 0.6) is 0 Å². The van der Waals surface area contributed by atoms with Gasteiger partial charge >= 0.3 is 0 Å². The Balaban J connectivity index is 3.52. The Bertz CT molecular complexity index is 120. The summed E-state index contributed by atoms with van der Waals surface area (Å²) in [6.07, 6.45) is 6.92. The van der Waals surface area contributed by atoms with Gasteiger partial charge in [-0.2, -0.15) is 0 Å². The van der Waals surface area contributed by atoms with Crippen molar-refractivity contribution in [2.75, 3.05) is 20.6 Å². The number of hydrogen-bond donors (Lipinski definition) is 0. The topological polar surface area (TPSA) is 3.24 Å². The zero-order chi connectivity index (χ0) is 11.0. The number of rotatable bonds is 8. The molecule has 0 aromatic rings. The minimum atomic E-state index is 0.911. The van der Waals surface area contributed by atoms with Gasteiger partial charge in [-0.05, 0) is 32.4 Å². The van der Waals surface area contributed by atoms with E-state index >= 15 is 0 Å². The van der Waals surface area contributed by atoms with Crippen LogP contribution in [0.3, 0.4) is 0 Å². The highest BCUT2D eigenvalue weighted by Crippen LogP contribution is 2.17. The molecule has 1 nitrogen and oxygen atoms in total. The van der Waals surface area contributed by atoms with E-state index in [0.29, 0.717) is 0 Å². The monoisotopic (exact) mass is 199 g/mol. The van der Waals surface area contributed by atoms with E-state index in [0.717, 1.165) is 11.8 Å². The van der Waals surface area contributed by atoms with Crippen LogP contribution in [0.15, 0.2) is 0 Å². The number of hydrogen-bond acceptors (Lipinski definition) is 1. The van der Waals surface area contributed by atoms with Gasteiger partial charge in [-0.3, -0.25) is 0 Å². The lowest BCUT2D eigenvalue weighted by Crippen LogP contribution is -2.21. The van der Waals surface area contributed by atoms with Crippen molar-refractivity contribution in [3.05, 3.63) is 0 Å². The van der Waals surface area contributed by atoms with Crippen LogP contribution >= 0.6 is 0 Å². The fourth-order valence-electron chi connectivity index (χ4n) is 1.90. The lowest BCUT2D eigenvalue weighted by Gasteiger charge is -2.20. The molecule has 14 heavy (non-hydrogen) atoms. The van der Waals surface area contributed by atoms with Gasteiger partial charge < -0.3 is 4.90 Å². The van der Waals surface area contributed by atoms with E-state index in [1.54, 1.807) is 0 Å². The van der Waals surface area contributed by atoms with E-state index in [-0.39, 0.29) is 0 Å². The summed E-state index contributed by atoms with van der Waals surface area (Å²) in [7, 11) is 4.36. The molecule has 0 rings (SSSR count). The SMILES string of the molecule is CCC(C)CCCC(CC)CN(C)C. The highest BCUT2D eigenvalue weighted by Gasteiger charge is 2.08. The molecule has 0 bridgehead atoms. The standard InChI is InChI=1S/C13H29N/c1-6-12(3)9-8-10-13(7-2)11-14(4)5/h12-13H,6-11H2,1-5H3. The zero-order valence-electron chi connectivity index (χ0n) is 10.8. The van der Waals surface area contributed by atoms with Crippen LogP contribution in [0.1, 0.15) is 52.9 Å². The van der Waals surface area contributed by atoms with Gasteiger partial charge in [0.15, 0.2) is 0 Å². The molecule has 0 aliphatic heterocycles. The van der Waals surface area contributed by atoms with E-state index < -0.39 is 0 Å². The summed E-state index contributed by atoms with van der Waals surface area (Å²) in [5, 5.41) is 0. The average molecular weight is 199 g/mol. The fourth-order valence-corrected chi connectivity index (χ4v) is 1.90. The molecule has 0 N–H and O–H groups in total. The predicted octanol–water partition coefficient (Wildman–Crippen LogP) is 3.79. The first-order valence-corrected chi connectivity index (χ1v) is 6.24. The molecule has 0 spiro atoms. The molecule has 0 aromatic carbocycles. The van der Waals surface area contributed by atoms with E-state index in [2.05, 4.69) is 39.8 Å². The molecule has 0 aromatic heterocycles. The molecule has 0 aliphatic carbocycles. The Morgan fingerprint density at radius 1 is 1.00 bits per heavy atom. The van der Waals surface area contributed by atoms with Crippen molar-refractivity contribution in [2.45, 2.75) is 52.9 Å². The second-order valence-electron chi connectivity index (χ2n) is 4.98. The normalized spacial score (nSPS) is 15.9. The molecule has 2 unspecified atom stereocenters. The summed E-state index contributed by atoms with van der Waals surface area (Å²) in [6.45, 7) is 8.24. The average Bonchev–Trinajstić information content (AvgIpc) is 2.15. The Kier molecular flexibility index (Phi) is 8.26. The lowest BCUT2D eigenvalue weighted by molar-refractivity contribution is 0.294. The summed E-state index contributed by atoms with van der Waals surface area (Å²) in [4.78, 5) is 2.32. The van der Waals surface area contributed by atoms with Gasteiger partial charge in [0.05, 0.1) is 0 Å². The Morgan fingerprint density at radius 2 is 1.64 bits per heavy atom. The van der Waals surface area contributed by atoms with Crippen molar-refractivity contribution in [3.63, 3.8) is 0 Å². The van der Waals surface area contributed by atoms with Crippen molar-refractivity contribution >= 4 is 0 Å². The van der Waals surface area contributed by atoms with E-state index in [1.807, 2.05) is 0 Å². The molecule has 0 heterocycles. The Labute approximate surface area is 90.9 Å². The highest BCUT2D eigenvalue weighted by molar-refractivity contribution is 4.61. The first-order chi connectivity index (χ1) is 6.60. The molecular formula is C13H29N. The number of nitrogens with zero attached hydrogens (tertiary/aromatic N) is 1. The molecule has 2 atom stereocenters. The Hall–Kier alpha value is -0.0400. The molecule has 0 saturated carbocycles. The summed E-state index contributed by atoms with van der Waals surface area (Å²) in [5.74, 6) is 1.83. The quantitative estimate of drug-likeness (QED) is 0.575. The maximum absolute atomic E-state index is 2.37. The Morgan fingerprint density at radius 3 is 2.07 bits per heavy atom. The second kappa shape index (κ2) is 8.28. The van der Waals surface area contributed by atoms with Gasteiger partial charge in [0.2, 0.25) is 0 Å². The lowest BCUT2D eigenvalue weighted by atomic mass is 9.94. The smallest absolute Gasteiger partial charge is 0.000346 e. The van der Waals surface area contributed by atoms with Crippen LogP contribution in [0.4, 0.5) is 0 Å². The third kappa shape index (κ3) is 7.37. The first kappa shape index (κ1) is 14.0. The highest BCUT2D eigenvalue weighted by atomic mass is 15.1. The summed E-state index contributed by atoms with van der Waals surface area (Å²) in [6, 6.07) is 0. The summed E-state index contributed by atoms with van der Waals surface area (Å²) in [5.41, 5.74) is 0. The van der Waals surface area contributed by atoms with Crippen LogP contribution in [0, 0.1) is 11.8 Å². The van der Waals surface area contributed by atoms with E-state index in [1.165, 1.54) is 38.6 Å². The maximum atomic E-state index is 2.37. The molecule has 0 radical (unpaired) electrons. The molecular weight excluding hydrogens is 170 g/mol. The van der Waals surface area contributed by atoms with Crippen molar-refractivity contribution in [2.24, 2.45) is 11.8 Å². The van der Waals surface area contributed by atoms with E-state index in [9.17, 15) is 0 Å². The van der Waals surface area contributed by atoms with Crippen LogP contribution in [-0.2, 0) is 0 Å². The van der Waals surface area contributed by atoms with E-state index in [4.69, 9.17) is 0 Å². The fraction of sp³-hybridized carbons (Fsp3) is 1.00. The minimum Gasteiger partial charge on any atom is -0.309 e. The molecule has 0 aliphatic rings. The van der Waals surface area contributed by atoms with Gasteiger partial charge in [-0.15, -0.1) is 0 Å². The van der Waals surface area contributed by atoms with Crippen LogP contribution in [-0.4, -0.2) is 25.5 Å². The first-order valence-electron chi connectivity index (χ1n) is 6.24. The van der Waals surface area contributed by atoms with Crippen molar-refractivity contribution < 1.29 is 0 Å². The van der Waals surface area contributed by atoms with Gasteiger partial charge in [0.25, 0.3) is 0 Å². The van der Waals surface area contributed by atoms with Crippen molar-refractivity contribution in [3.8, 4) is 0 Å². The van der Waals surface area contributed by atoms with Gasteiger partial charge in [-0.1, -0.05) is 46.5 Å². The molecule has 0 saturated heterocycles. The third-order valence-electron chi connectivity index (χ3n) is 3.21. The predicted molar refractivity (Wildman–Crippen MR) is 65.6 cm³/mol. The van der Waals surface area contributed by atoms with Crippen LogP contribution in [0.2, 0.25) is 0 Å². The summed E-state index contributed by atoms with van der Waals surface area (Å²) < 4.78 is 0. The zero-order valence-corrected chi connectivity index (χ0v) is 10.8. The maximum Gasteiger partial charge on any atom is 0.000346 e. The van der Waals surface area contributed by atoms with Crippen LogP contribution in [0.25, 0.3) is 0 Å². The minimum absolute atomic E-state index is 0.911. The van der Waals surface area contributed by atoms with Gasteiger partial charge in [0, 0.05) is 6.54 Å².